The summed E-state index contributed by atoms with van der Waals surface area (Å²) in [5, 5.41) is 8.93. The van der Waals surface area contributed by atoms with Gasteiger partial charge in [-0.3, -0.25) is 4.90 Å². The summed E-state index contributed by atoms with van der Waals surface area (Å²) in [7, 11) is 0. The van der Waals surface area contributed by atoms with Crippen molar-refractivity contribution in [2.24, 2.45) is 0 Å². The van der Waals surface area contributed by atoms with Crippen LogP contribution in [0.4, 0.5) is 0 Å². The minimum absolute atomic E-state index is 0.168. The van der Waals surface area contributed by atoms with E-state index < -0.39 is 0 Å². The van der Waals surface area contributed by atoms with Gasteiger partial charge in [0.05, 0.1) is 25.9 Å². The van der Waals surface area contributed by atoms with E-state index in [1.54, 1.807) is 0 Å². The molecule has 1 aliphatic heterocycles. The predicted octanol–water partition coefficient (Wildman–Crippen LogP) is -0.135. The SMILES string of the molecule is C=CCN1CCOCC1CO. The van der Waals surface area contributed by atoms with E-state index in [2.05, 4.69) is 11.5 Å². The number of hydrogen-bond acceptors (Lipinski definition) is 3. The summed E-state index contributed by atoms with van der Waals surface area (Å²) in [6, 6.07) is 0.168. The van der Waals surface area contributed by atoms with Crippen LogP contribution in [0, 0.1) is 0 Å². The Labute approximate surface area is 67.3 Å². The zero-order valence-electron chi connectivity index (χ0n) is 6.70. The molecule has 0 saturated carbocycles. The lowest BCUT2D eigenvalue weighted by Gasteiger charge is -2.33. The normalized spacial score (nSPS) is 26.8. The lowest BCUT2D eigenvalue weighted by molar-refractivity contribution is -0.0219. The minimum Gasteiger partial charge on any atom is -0.395 e. The van der Waals surface area contributed by atoms with Gasteiger partial charge in [0.1, 0.15) is 0 Å². The third-order valence-electron chi connectivity index (χ3n) is 1.92. The first-order valence-corrected chi connectivity index (χ1v) is 3.92. The Morgan fingerprint density at radius 3 is 3.18 bits per heavy atom. The monoisotopic (exact) mass is 157 g/mol. The molecule has 3 nitrogen and oxygen atoms in total. The van der Waals surface area contributed by atoms with Gasteiger partial charge in [0.2, 0.25) is 0 Å². The molecule has 0 radical (unpaired) electrons. The van der Waals surface area contributed by atoms with Gasteiger partial charge in [-0.05, 0) is 0 Å². The van der Waals surface area contributed by atoms with Gasteiger partial charge in [-0.2, -0.15) is 0 Å². The van der Waals surface area contributed by atoms with Crippen LogP contribution in [-0.4, -0.2) is 49.0 Å². The van der Waals surface area contributed by atoms with E-state index in [4.69, 9.17) is 9.84 Å². The van der Waals surface area contributed by atoms with E-state index in [1.165, 1.54) is 0 Å². The second-order valence-electron chi connectivity index (χ2n) is 2.69. The van der Waals surface area contributed by atoms with Crippen LogP contribution in [0.2, 0.25) is 0 Å². The largest absolute Gasteiger partial charge is 0.395 e. The minimum atomic E-state index is 0.168. The number of nitrogens with zero attached hydrogens (tertiary/aromatic N) is 1. The summed E-state index contributed by atoms with van der Waals surface area (Å²) in [4.78, 5) is 2.18. The molecule has 1 N–H and O–H groups in total. The fourth-order valence-electron chi connectivity index (χ4n) is 1.26. The molecule has 0 aromatic carbocycles. The van der Waals surface area contributed by atoms with Crippen LogP contribution in [0.15, 0.2) is 12.7 Å². The summed E-state index contributed by atoms with van der Waals surface area (Å²) in [6.45, 7) is 6.99. The Morgan fingerprint density at radius 1 is 1.73 bits per heavy atom. The van der Waals surface area contributed by atoms with Crippen LogP contribution in [0.25, 0.3) is 0 Å². The van der Waals surface area contributed by atoms with Gasteiger partial charge in [0.15, 0.2) is 0 Å². The molecule has 3 heteroatoms. The second kappa shape index (κ2) is 4.49. The van der Waals surface area contributed by atoms with Gasteiger partial charge >= 0.3 is 0 Å². The number of hydrogen-bond donors (Lipinski definition) is 1. The van der Waals surface area contributed by atoms with Crippen LogP contribution in [0.1, 0.15) is 0 Å². The first kappa shape index (κ1) is 8.71. The highest BCUT2D eigenvalue weighted by molar-refractivity contribution is 4.81. The first-order chi connectivity index (χ1) is 5.38. The Kier molecular flexibility index (Phi) is 3.56. The van der Waals surface area contributed by atoms with Gasteiger partial charge in [-0.1, -0.05) is 6.08 Å². The highest BCUT2D eigenvalue weighted by atomic mass is 16.5. The molecule has 1 fully saturated rings. The fraction of sp³-hybridized carbons (Fsp3) is 0.750. The molecule has 0 amide bonds. The maximum absolute atomic E-state index is 8.93. The number of rotatable bonds is 3. The third-order valence-corrected chi connectivity index (χ3v) is 1.92. The van der Waals surface area contributed by atoms with Gasteiger partial charge in [0, 0.05) is 13.1 Å². The molecule has 1 atom stereocenters. The van der Waals surface area contributed by atoms with E-state index >= 15 is 0 Å². The van der Waals surface area contributed by atoms with Crippen LogP contribution in [0.5, 0.6) is 0 Å². The molecular formula is C8H15NO2. The van der Waals surface area contributed by atoms with Crippen LogP contribution >= 0.6 is 0 Å². The molecule has 1 heterocycles. The van der Waals surface area contributed by atoms with Gasteiger partial charge in [0.25, 0.3) is 0 Å². The van der Waals surface area contributed by atoms with Crippen molar-refractivity contribution in [3.05, 3.63) is 12.7 Å². The van der Waals surface area contributed by atoms with Crippen molar-refractivity contribution < 1.29 is 9.84 Å². The van der Waals surface area contributed by atoms with Crippen molar-refractivity contribution in [2.45, 2.75) is 6.04 Å². The lowest BCUT2D eigenvalue weighted by Crippen LogP contribution is -2.47. The Morgan fingerprint density at radius 2 is 2.55 bits per heavy atom. The van der Waals surface area contributed by atoms with E-state index in [-0.39, 0.29) is 12.6 Å². The number of morpholine rings is 1. The molecule has 1 saturated heterocycles. The van der Waals surface area contributed by atoms with Crippen LogP contribution in [-0.2, 0) is 4.74 Å². The number of ether oxygens (including phenoxy) is 1. The van der Waals surface area contributed by atoms with Crippen molar-refractivity contribution in [1.82, 2.24) is 4.90 Å². The topological polar surface area (TPSA) is 32.7 Å². The molecule has 64 valence electrons. The van der Waals surface area contributed by atoms with Gasteiger partial charge in [-0.15, -0.1) is 6.58 Å². The molecule has 1 rings (SSSR count). The quantitative estimate of drug-likeness (QED) is 0.579. The molecule has 1 unspecified atom stereocenters. The highest BCUT2D eigenvalue weighted by Gasteiger charge is 2.20. The van der Waals surface area contributed by atoms with Crippen molar-refractivity contribution in [1.29, 1.82) is 0 Å². The van der Waals surface area contributed by atoms with Crippen LogP contribution in [0.3, 0.4) is 0 Å². The summed E-state index contributed by atoms with van der Waals surface area (Å²) >= 11 is 0. The maximum atomic E-state index is 8.93. The van der Waals surface area contributed by atoms with E-state index in [0.717, 1.165) is 19.7 Å². The Hall–Kier alpha value is -0.380. The maximum Gasteiger partial charge on any atom is 0.0644 e. The molecule has 0 aliphatic carbocycles. The van der Waals surface area contributed by atoms with Gasteiger partial charge in [-0.25, -0.2) is 0 Å². The standard InChI is InChI=1S/C8H15NO2/c1-2-3-9-4-5-11-7-8(9)6-10/h2,8,10H,1,3-7H2. The van der Waals surface area contributed by atoms with Crippen LogP contribution < -0.4 is 0 Å². The van der Waals surface area contributed by atoms with Gasteiger partial charge < -0.3 is 9.84 Å². The molecule has 0 bridgehead atoms. The zero-order valence-corrected chi connectivity index (χ0v) is 6.70. The predicted molar refractivity (Wildman–Crippen MR) is 43.5 cm³/mol. The number of aliphatic hydroxyl groups excluding tert-OH is 1. The average Bonchev–Trinajstić information content (AvgIpc) is 2.06. The zero-order chi connectivity index (χ0) is 8.10. The Balaban J connectivity index is 2.37. The fourth-order valence-corrected chi connectivity index (χ4v) is 1.26. The summed E-state index contributed by atoms with van der Waals surface area (Å²) in [5.74, 6) is 0. The van der Waals surface area contributed by atoms with E-state index in [1.807, 2.05) is 6.08 Å². The molecule has 11 heavy (non-hydrogen) atoms. The molecule has 1 aliphatic rings. The van der Waals surface area contributed by atoms with Crippen molar-refractivity contribution in [2.75, 3.05) is 32.9 Å². The molecule has 0 aromatic rings. The van der Waals surface area contributed by atoms with Crippen molar-refractivity contribution >= 4 is 0 Å². The first-order valence-electron chi connectivity index (χ1n) is 3.92. The van der Waals surface area contributed by atoms with E-state index in [0.29, 0.717) is 6.61 Å². The highest BCUT2D eigenvalue weighted by Crippen LogP contribution is 2.05. The number of aliphatic hydroxyl groups is 1. The second-order valence-corrected chi connectivity index (χ2v) is 2.69. The molecule has 0 aromatic heterocycles. The van der Waals surface area contributed by atoms with Crippen molar-refractivity contribution in [3.8, 4) is 0 Å². The van der Waals surface area contributed by atoms with E-state index in [9.17, 15) is 0 Å². The summed E-state index contributed by atoms with van der Waals surface area (Å²) in [5.41, 5.74) is 0. The average molecular weight is 157 g/mol. The van der Waals surface area contributed by atoms with Crippen molar-refractivity contribution in [3.63, 3.8) is 0 Å². The summed E-state index contributed by atoms with van der Waals surface area (Å²) < 4.78 is 5.21. The molecule has 0 spiro atoms. The smallest absolute Gasteiger partial charge is 0.0644 e. The summed E-state index contributed by atoms with van der Waals surface area (Å²) in [6.07, 6.45) is 1.86. The third kappa shape index (κ3) is 2.29. The molecular weight excluding hydrogens is 142 g/mol. The Bertz CT molecular complexity index is 127. The lowest BCUT2D eigenvalue weighted by atomic mass is 10.2.